The highest BCUT2D eigenvalue weighted by atomic mass is 16.5. The second-order valence-corrected chi connectivity index (χ2v) is 4.33. The van der Waals surface area contributed by atoms with Gasteiger partial charge in [-0.2, -0.15) is 0 Å². The number of rotatable bonds is 8. The third kappa shape index (κ3) is 6.24. The fraction of sp³-hybridized carbons (Fsp3) is 0.615. The number of pyridine rings is 1. The van der Waals surface area contributed by atoms with Crippen molar-refractivity contribution in [1.29, 1.82) is 0 Å². The smallest absolute Gasteiger partial charge is 0.137 e. The van der Waals surface area contributed by atoms with Gasteiger partial charge in [0.2, 0.25) is 0 Å². The van der Waals surface area contributed by atoms with Gasteiger partial charge in [0, 0.05) is 13.2 Å². The first-order valence-electron chi connectivity index (χ1n) is 6.08. The van der Waals surface area contributed by atoms with Crippen molar-refractivity contribution in [1.82, 2.24) is 4.98 Å². The Morgan fingerprint density at radius 3 is 2.65 bits per heavy atom. The van der Waals surface area contributed by atoms with Crippen LogP contribution < -0.4 is 10.5 Å². The van der Waals surface area contributed by atoms with Gasteiger partial charge in [0.15, 0.2) is 0 Å². The monoisotopic (exact) mass is 238 g/mol. The summed E-state index contributed by atoms with van der Waals surface area (Å²) in [5.74, 6) is 1.44. The molecule has 0 unspecified atom stereocenters. The molecule has 17 heavy (non-hydrogen) atoms. The average Bonchev–Trinajstić information content (AvgIpc) is 2.34. The zero-order chi connectivity index (χ0) is 12.5. The molecule has 4 nitrogen and oxygen atoms in total. The molecule has 0 amide bonds. The summed E-state index contributed by atoms with van der Waals surface area (Å²) in [6.45, 7) is 6.80. The van der Waals surface area contributed by atoms with Gasteiger partial charge in [0.25, 0.3) is 0 Å². The van der Waals surface area contributed by atoms with Crippen LogP contribution >= 0.6 is 0 Å². The molecule has 0 atom stereocenters. The van der Waals surface area contributed by atoms with Crippen molar-refractivity contribution < 1.29 is 9.47 Å². The fourth-order valence-corrected chi connectivity index (χ4v) is 1.26. The van der Waals surface area contributed by atoms with Gasteiger partial charge in [-0.3, -0.25) is 4.98 Å². The van der Waals surface area contributed by atoms with E-state index in [1.165, 1.54) is 0 Å². The Labute approximate surface area is 103 Å². The van der Waals surface area contributed by atoms with Gasteiger partial charge in [-0.25, -0.2) is 0 Å². The first kappa shape index (κ1) is 13.9. The number of aromatic nitrogens is 1. The van der Waals surface area contributed by atoms with Crippen LogP contribution in [-0.4, -0.2) is 24.8 Å². The van der Waals surface area contributed by atoms with Crippen LogP contribution in [-0.2, 0) is 11.3 Å². The van der Waals surface area contributed by atoms with Crippen LogP contribution in [0.25, 0.3) is 0 Å². The number of hydrogen-bond acceptors (Lipinski definition) is 4. The molecule has 0 spiro atoms. The van der Waals surface area contributed by atoms with Gasteiger partial charge >= 0.3 is 0 Å². The highest BCUT2D eigenvalue weighted by Gasteiger charge is 1.97. The van der Waals surface area contributed by atoms with Crippen LogP contribution in [0.1, 0.15) is 26.0 Å². The lowest BCUT2D eigenvalue weighted by atomic mass is 10.1. The maximum absolute atomic E-state index is 5.48. The Morgan fingerprint density at radius 2 is 2.06 bits per heavy atom. The van der Waals surface area contributed by atoms with Crippen molar-refractivity contribution in [3.8, 4) is 5.75 Å². The van der Waals surface area contributed by atoms with Gasteiger partial charge in [-0.05, 0) is 24.5 Å². The predicted molar refractivity (Wildman–Crippen MR) is 67.9 cm³/mol. The molecular formula is C13H22N2O2. The molecule has 1 aromatic heterocycles. The van der Waals surface area contributed by atoms with Crippen molar-refractivity contribution in [2.75, 3.05) is 19.8 Å². The third-order valence-electron chi connectivity index (χ3n) is 2.34. The van der Waals surface area contributed by atoms with E-state index in [9.17, 15) is 0 Å². The average molecular weight is 238 g/mol. The van der Waals surface area contributed by atoms with Crippen LogP contribution in [0.4, 0.5) is 0 Å². The van der Waals surface area contributed by atoms with Crippen molar-refractivity contribution in [3.63, 3.8) is 0 Å². The van der Waals surface area contributed by atoms with E-state index in [-0.39, 0.29) is 0 Å². The Morgan fingerprint density at radius 1 is 1.24 bits per heavy atom. The molecule has 0 aliphatic rings. The van der Waals surface area contributed by atoms with Gasteiger partial charge in [-0.15, -0.1) is 0 Å². The second-order valence-electron chi connectivity index (χ2n) is 4.33. The highest BCUT2D eigenvalue weighted by Crippen LogP contribution is 2.08. The molecule has 2 N–H and O–H groups in total. The Kier molecular flexibility index (Phi) is 6.58. The minimum Gasteiger partial charge on any atom is -0.490 e. The predicted octanol–water partition coefficient (Wildman–Crippen LogP) is 1.98. The molecule has 1 rings (SSSR count). The van der Waals surface area contributed by atoms with Crippen LogP contribution in [0.15, 0.2) is 18.3 Å². The molecular weight excluding hydrogens is 216 g/mol. The summed E-state index contributed by atoms with van der Waals surface area (Å²) in [4.78, 5) is 4.14. The summed E-state index contributed by atoms with van der Waals surface area (Å²) >= 11 is 0. The van der Waals surface area contributed by atoms with Crippen molar-refractivity contribution in [2.24, 2.45) is 11.7 Å². The van der Waals surface area contributed by atoms with E-state index >= 15 is 0 Å². The lowest BCUT2D eigenvalue weighted by Crippen LogP contribution is -2.09. The van der Waals surface area contributed by atoms with E-state index in [1.807, 2.05) is 12.1 Å². The molecule has 0 aliphatic heterocycles. The SMILES string of the molecule is CC(C)CCOCCOc1ccc(CN)nc1. The quantitative estimate of drug-likeness (QED) is 0.704. The molecule has 0 radical (unpaired) electrons. The standard InChI is InChI=1S/C13H22N2O2/c1-11(2)5-6-16-7-8-17-13-4-3-12(9-14)15-10-13/h3-4,10-11H,5-9,14H2,1-2H3. The molecule has 96 valence electrons. The van der Waals surface area contributed by atoms with Gasteiger partial charge in [-0.1, -0.05) is 13.8 Å². The maximum atomic E-state index is 5.48. The molecule has 0 aliphatic carbocycles. The molecule has 1 heterocycles. The van der Waals surface area contributed by atoms with Gasteiger partial charge < -0.3 is 15.2 Å². The fourth-order valence-electron chi connectivity index (χ4n) is 1.26. The first-order chi connectivity index (χ1) is 8.22. The lowest BCUT2D eigenvalue weighted by Gasteiger charge is -2.08. The topological polar surface area (TPSA) is 57.4 Å². The Hall–Kier alpha value is -1.13. The summed E-state index contributed by atoms with van der Waals surface area (Å²) in [6.07, 6.45) is 2.78. The molecule has 0 fully saturated rings. The third-order valence-corrected chi connectivity index (χ3v) is 2.34. The van der Waals surface area contributed by atoms with Crippen molar-refractivity contribution in [3.05, 3.63) is 24.0 Å². The van der Waals surface area contributed by atoms with Crippen molar-refractivity contribution in [2.45, 2.75) is 26.8 Å². The number of ether oxygens (including phenoxy) is 2. The van der Waals surface area contributed by atoms with E-state index < -0.39 is 0 Å². The highest BCUT2D eigenvalue weighted by molar-refractivity contribution is 5.19. The van der Waals surface area contributed by atoms with E-state index in [1.54, 1.807) is 6.20 Å². The molecule has 0 saturated heterocycles. The largest absolute Gasteiger partial charge is 0.490 e. The maximum Gasteiger partial charge on any atom is 0.137 e. The molecule has 1 aromatic rings. The minimum absolute atomic E-state index is 0.457. The molecule has 0 bridgehead atoms. The van der Waals surface area contributed by atoms with Crippen LogP contribution in [0.5, 0.6) is 5.75 Å². The van der Waals surface area contributed by atoms with Crippen LogP contribution in [0, 0.1) is 5.92 Å². The summed E-state index contributed by atoms with van der Waals surface area (Å²) in [5.41, 5.74) is 6.32. The number of nitrogens with zero attached hydrogens (tertiary/aromatic N) is 1. The number of nitrogens with two attached hydrogens (primary N) is 1. The minimum atomic E-state index is 0.457. The number of hydrogen-bond donors (Lipinski definition) is 1. The summed E-state index contributed by atoms with van der Waals surface area (Å²) < 4.78 is 10.9. The van der Waals surface area contributed by atoms with Crippen LogP contribution in [0.3, 0.4) is 0 Å². The zero-order valence-corrected chi connectivity index (χ0v) is 10.7. The van der Waals surface area contributed by atoms with E-state index in [2.05, 4.69) is 18.8 Å². The molecule has 0 aromatic carbocycles. The molecule has 0 saturated carbocycles. The first-order valence-corrected chi connectivity index (χ1v) is 6.08. The summed E-state index contributed by atoms with van der Waals surface area (Å²) in [7, 11) is 0. The van der Waals surface area contributed by atoms with Gasteiger partial charge in [0.1, 0.15) is 12.4 Å². The van der Waals surface area contributed by atoms with E-state index in [0.717, 1.165) is 24.5 Å². The Balaban J connectivity index is 2.09. The second kappa shape index (κ2) is 8.03. The summed E-state index contributed by atoms with van der Waals surface area (Å²) in [6, 6.07) is 3.75. The van der Waals surface area contributed by atoms with Crippen molar-refractivity contribution >= 4 is 0 Å². The molecule has 4 heteroatoms. The lowest BCUT2D eigenvalue weighted by molar-refractivity contribution is 0.0924. The van der Waals surface area contributed by atoms with E-state index in [4.69, 9.17) is 15.2 Å². The normalized spacial score (nSPS) is 10.8. The van der Waals surface area contributed by atoms with Gasteiger partial charge in [0.05, 0.1) is 18.5 Å². The Bertz CT molecular complexity index is 299. The van der Waals surface area contributed by atoms with Crippen LogP contribution in [0.2, 0.25) is 0 Å². The zero-order valence-electron chi connectivity index (χ0n) is 10.7. The summed E-state index contributed by atoms with van der Waals surface area (Å²) in [5, 5.41) is 0. The van der Waals surface area contributed by atoms with E-state index in [0.29, 0.717) is 25.7 Å².